The Hall–Kier alpha value is -2.75. The van der Waals surface area contributed by atoms with Gasteiger partial charge in [0.05, 0.1) is 29.0 Å². The standard InChI is InChI=1S/C23H20FN3O4S/c1-3-23(30)12-4-16-19-10(6-27(16)21(28)11(12)7-31-22(23)29)17-14(25)8-32-20-9(2)13(24)5-15(26-19)18(17)20/h4-5,14,30H,3,6-8,25H2,1-2H3/t14?,23-/m0/s1. The number of pyridine rings is 2. The number of fused-ring (bicyclic) bond motifs is 5. The van der Waals surface area contributed by atoms with E-state index < -0.39 is 11.6 Å². The molecular formula is C23H20FN3O4S. The zero-order chi connectivity index (χ0) is 22.5. The Labute approximate surface area is 186 Å². The summed E-state index contributed by atoms with van der Waals surface area (Å²) < 4.78 is 21.4. The zero-order valence-corrected chi connectivity index (χ0v) is 18.3. The normalized spacial score (nSPS) is 23.0. The Morgan fingerprint density at radius 2 is 2.16 bits per heavy atom. The van der Waals surface area contributed by atoms with E-state index in [0.717, 1.165) is 21.4 Å². The molecule has 32 heavy (non-hydrogen) atoms. The van der Waals surface area contributed by atoms with Crippen molar-refractivity contribution < 1.29 is 19.0 Å². The van der Waals surface area contributed by atoms with Crippen LogP contribution in [0.15, 0.2) is 21.8 Å². The Bertz CT molecular complexity index is 1450. The molecule has 9 heteroatoms. The average Bonchev–Trinajstić information content (AvgIpc) is 3.14. The number of ether oxygens (including phenoxy) is 1. The molecule has 3 aliphatic rings. The maximum Gasteiger partial charge on any atom is 0.343 e. The van der Waals surface area contributed by atoms with Crippen LogP contribution in [0.5, 0.6) is 0 Å². The molecule has 7 nitrogen and oxygen atoms in total. The molecule has 0 fully saturated rings. The van der Waals surface area contributed by atoms with Crippen LogP contribution in [0, 0.1) is 12.7 Å². The number of thioether (sulfide) groups is 1. The molecule has 2 aromatic heterocycles. The molecule has 0 saturated heterocycles. The van der Waals surface area contributed by atoms with Crippen LogP contribution in [-0.2, 0) is 28.3 Å². The number of aliphatic hydroxyl groups is 1. The van der Waals surface area contributed by atoms with E-state index in [1.165, 1.54) is 17.8 Å². The number of nitrogens with zero attached hydrogens (tertiary/aromatic N) is 2. The Morgan fingerprint density at radius 3 is 2.91 bits per heavy atom. The van der Waals surface area contributed by atoms with Crippen molar-refractivity contribution in [2.75, 3.05) is 5.75 Å². The molecule has 5 heterocycles. The number of benzene rings is 1. The van der Waals surface area contributed by atoms with Gasteiger partial charge in [-0.1, -0.05) is 6.92 Å². The Balaban J connectivity index is 1.70. The maximum atomic E-state index is 14.7. The number of rotatable bonds is 1. The molecule has 0 bridgehead atoms. The maximum absolute atomic E-state index is 14.7. The highest BCUT2D eigenvalue weighted by molar-refractivity contribution is 7.99. The number of esters is 1. The van der Waals surface area contributed by atoms with Crippen molar-refractivity contribution in [3.05, 3.63) is 56.1 Å². The molecule has 6 rings (SSSR count). The van der Waals surface area contributed by atoms with Crippen molar-refractivity contribution in [3.8, 4) is 11.4 Å². The van der Waals surface area contributed by atoms with Crippen molar-refractivity contribution >= 4 is 28.6 Å². The van der Waals surface area contributed by atoms with Crippen LogP contribution in [0.1, 0.15) is 47.2 Å². The van der Waals surface area contributed by atoms with Gasteiger partial charge in [-0.2, -0.15) is 0 Å². The number of cyclic esters (lactones) is 1. The monoisotopic (exact) mass is 453 g/mol. The van der Waals surface area contributed by atoms with E-state index in [-0.39, 0.29) is 48.1 Å². The number of hydrogen-bond acceptors (Lipinski definition) is 7. The minimum Gasteiger partial charge on any atom is -0.458 e. The first-order valence-corrected chi connectivity index (χ1v) is 11.5. The minimum absolute atomic E-state index is 0.0704. The van der Waals surface area contributed by atoms with Gasteiger partial charge in [0.25, 0.3) is 5.56 Å². The third-order valence-corrected chi connectivity index (χ3v) is 8.26. The lowest BCUT2D eigenvalue weighted by Gasteiger charge is -2.31. The van der Waals surface area contributed by atoms with Gasteiger partial charge >= 0.3 is 5.97 Å². The SMILES string of the molecule is CC[C@@]1(O)C(=O)OCc2c1cc1n(c2=O)Cc2c-1nc1cc(F)c(C)c3c1c2C(N)CS3. The van der Waals surface area contributed by atoms with Gasteiger partial charge in [0, 0.05) is 39.3 Å². The van der Waals surface area contributed by atoms with Gasteiger partial charge in [-0.3, -0.25) is 4.79 Å². The van der Waals surface area contributed by atoms with E-state index in [0.29, 0.717) is 28.2 Å². The summed E-state index contributed by atoms with van der Waals surface area (Å²) in [5.74, 6) is -0.502. The fraction of sp³-hybridized carbons (Fsp3) is 0.348. The van der Waals surface area contributed by atoms with Crippen LogP contribution in [0.25, 0.3) is 22.3 Å². The van der Waals surface area contributed by atoms with Gasteiger partial charge < -0.3 is 20.1 Å². The van der Waals surface area contributed by atoms with Crippen LogP contribution in [0.2, 0.25) is 0 Å². The molecule has 1 unspecified atom stereocenters. The van der Waals surface area contributed by atoms with Crippen LogP contribution in [-0.4, -0.2) is 26.4 Å². The van der Waals surface area contributed by atoms with E-state index >= 15 is 0 Å². The molecule has 0 saturated carbocycles. The number of hydrogen-bond donors (Lipinski definition) is 2. The van der Waals surface area contributed by atoms with Crippen molar-refractivity contribution in [2.45, 2.75) is 50.0 Å². The molecule has 3 aliphatic heterocycles. The van der Waals surface area contributed by atoms with Crippen molar-refractivity contribution in [1.82, 2.24) is 9.55 Å². The third kappa shape index (κ3) is 2.31. The Morgan fingerprint density at radius 1 is 1.38 bits per heavy atom. The Kier molecular flexibility index (Phi) is 3.98. The molecule has 164 valence electrons. The second-order valence-electron chi connectivity index (χ2n) is 8.58. The summed E-state index contributed by atoms with van der Waals surface area (Å²) >= 11 is 1.53. The number of carbonyl (C=O) groups excluding carboxylic acids is 1. The number of halogens is 1. The van der Waals surface area contributed by atoms with Gasteiger partial charge in [0.2, 0.25) is 0 Å². The first-order chi connectivity index (χ1) is 15.3. The number of aromatic nitrogens is 2. The van der Waals surface area contributed by atoms with E-state index in [1.54, 1.807) is 24.5 Å². The zero-order valence-electron chi connectivity index (χ0n) is 17.5. The molecule has 0 spiro atoms. The number of nitrogens with two attached hydrogens (primary N) is 1. The van der Waals surface area contributed by atoms with Gasteiger partial charge in [-0.15, -0.1) is 11.8 Å². The first-order valence-electron chi connectivity index (χ1n) is 10.5. The molecule has 0 aliphatic carbocycles. The molecular weight excluding hydrogens is 433 g/mol. The second-order valence-corrected chi connectivity index (χ2v) is 9.61. The van der Waals surface area contributed by atoms with E-state index in [4.69, 9.17) is 15.5 Å². The first kappa shape index (κ1) is 19.9. The van der Waals surface area contributed by atoms with Gasteiger partial charge in [-0.25, -0.2) is 14.2 Å². The summed E-state index contributed by atoms with van der Waals surface area (Å²) in [6, 6.07) is 2.79. The summed E-state index contributed by atoms with van der Waals surface area (Å²) in [7, 11) is 0. The van der Waals surface area contributed by atoms with E-state index in [9.17, 15) is 19.1 Å². The highest BCUT2D eigenvalue weighted by atomic mass is 32.2. The van der Waals surface area contributed by atoms with Crippen LogP contribution < -0.4 is 11.3 Å². The lowest BCUT2D eigenvalue weighted by molar-refractivity contribution is -0.172. The summed E-state index contributed by atoms with van der Waals surface area (Å²) in [6.07, 6.45) is 0.0704. The van der Waals surface area contributed by atoms with Gasteiger partial charge in [0.1, 0.15) is 12.4 Å². The molecule has 2 atom stereocenters. The summed E-state index contributed by atoms with van der Waals surface area (Å²) in [5.41, 5.74) is 8.65. The van der Waals surface area contributed by atoms with Gasteiger partial charge in [0.15, 0.2) is 5.60 Å². The van der Waals surface area contributed by atoms with Crippen LogP contribution >= 0.6 is 11.8 Å². The fourth-order valence-corrected chi connectivity index (χ4v) is 6.34. The number of carbonyl (C=O) groups is 1. The second kappa shape index (κ2) is 6.40. The minimum atomic E-state index is -1.89. The summed E-state index contributed by atoms with van der Waals surface area (Å²) in [6.45, 7) is 3.51. The molecule has 3 N–H and O–H groups in total. The van der Waals surface area contributed by atoms with Crippen LogP contribution in [0.4, 0.5) is 4.39 Å². The summed E-state index contributed by atoms with van der Waals surface area (Å²) in [5, 5.41) is 11.9. The fourth-order valence-electron chi connectivity index (χ4n) is 5.16. The molecule has 0 amide bonds. The quantitative estimate of drug-likeness (QED) is 0.427. The smallest absolute Gasteiger partial charge is 0.343 e. The highest BCUT2D eigenvalue weighted by Crippen LogP contribution is 2.47. The topological polar surface area (TPSA) is 107 Å². The van der Waals surface area contributed by atoms with E-state index in [1.807, 2.05) is 0 Å². The summed E-state index contributed by atoms with van der Waals surface area (Å²) in [4.78, 5) is 31.3. The molecule has 0 radical (unpaired) electrons. The van der Waals surface area contributed by atoms with E-state index in [2.05, 4.69) is 0 Å². The lowest BCUT2D eigenvalue weighted by Crippen LogP contribution is -2.44. The van der Waals surface area contributed by atoms with Crippen molar-refractivity contribution in [3.63, 3.8) is 0 Å². The lowest BCUT2D eigenvalue weighted by atomic mass is 9.86. The predicted octanol–water partition coefficient (Wildman–Crippen LogP) is 2.63. The average molecular weight is 453 g/mol. The predicted molar refractivity (Wildman–Crippen MR) is 117 cm³/mol. The molecule has 3 aromatic rings. The molecule has 1 aromatic carbocycles. The van der Waals surface area contributed by atoms with Gasteiger partial charge in [-0.05, 0) is 30.5 Å². The highest BCUT2D eigenvalue weighted by Gasteiger charge is 2.45. The van der Waals surface area contributed by atoms with Crippen LogP contribution in [0.3, 0.4) is 0 Å². The largest absolute Gasteiger partial charge is 0.458 e. The van der Waals surface area contributed by atoms with Crippen molar-refractivity contribution in [1.29, 1.82) is 0 Å². The third-order valence-electron chi connectivity index (χ3n) is 6.94. The van der Waals surface area contributed by atoms with Crippen molar-refractivity contribution in [2.24, 2.45) is 5.73 Å².